The largest absolute Gasteiger partial charge is 0.497 e. The molecule has 0 atom stereocenters. The molecule has 0 aliphatic rings. The van der Waals surface area contributed by atoms with Gasteiger partial charge in [-0.25, -0.2) is 5.43 Å². The van der Waals surface area contributed by atoms with Crippen LogP contribution in [0.4, 0.5) is 5.69 Å². The maximum Gasteiger partial charge on any atom is 0.337 e. The Balaban J connectivity index is 1.98. The number of nitrogens with zero attached hydrogens (tertiary/aromatic N) is 1. The lowest BCUT2D eigenvalue weighted by atomic mass is 10.1. The highest BCUT2D eigenvalue weighted by molar-refractivity contribution is 6.45. The van der Waals surface area contributed by atoms with Gasteiger partial charge >= 0.3 is 5.91 Å². The van der Waals surface area contributed by atoms with Gasteiger partial charge in [0.25, 0.3) is 10.8 Å². The number of pyridine rings is 1. The maximum absolute atomic E-state index is 12.2. The van der Waals surface area contributed by atoms with Gasteiger partial charge in [-0.05, 0) is 49.1 Å². The Hall–Kier alpha value is -2.02. The summed E-state index contributed by atoms with van der Waals surface area (Å²) in [5.74, 6) is 0.240. The molecule has 2 rings (SSSR count). The summed E-state index contributed by atoms with van der Waals surface area (Å²) in [7, 11) is 1.62. The van der Waals surface area contributed by atoms with Gasteiger partial charge in [-0.3, -0.25) is 4.79 Å². The van der Waals surface area contributed by atoms with Crippen molar-refractivity contribution in [3.63, 3.8) is 0 Å². The normalized spacial score (nSPS) is 11.3. The monoisotopic (exact) mass is 415 g/mol. The van der Waals surface area contributed by atoms with E-state index in [2.05, 4.69) is 15.5 Å². The fraction of sp³-hybridized carbons (Fsp3) is 0.235. The zero-order valence-electron chi connectivity index (χ0n) is 14.2. The van der Waals surface area contributed by atoms with Gasteiger partial charge in [-0.1, -0.05) is 35.3 Å². The van der Waals surface area contributed by atoms with E-state index in [0.29, 0.717) is 6.42 Å². The first-order valence-corrected chi connectivity index (χ1v) is 8.78. The number of benzene rings is 1. The number of hydrogen-bond donors (Lipinski definition) is 2. The Bertz CT molecular complexity index is 839. The summed E-state index contributed by atoms with van der Waals surface area (Å²) in [6.45, 7) is 1.82. The zero-order chi connectivity index (χ0) is 19.3. The van der Waals surface area contributed by atoms with Crippen molar-refractivity contribution in [1.29, 1.82) is 0 Å². The van der Waals surface area contributed by atoms with Gasteiger partial charge in [-0.2, -0.15) is 10.1 Å². The molecule has 2 aromatic rings. The molecule has 138 valence electrons. The number of rotatable bonds is 6. The SMILES string of the molecule is COc1ccc(CC/C(C)=N\NC(=O)c2[nH+]c(Cl)c(Cl)c(N)c2Cl)cc1. The van der Waals surface area contributed by atoms with E-state index in [-0.39, 0.29) is 26.6 Å². The molecule has 0 saturated carbocycles. The average molecular weight is 417 g/mol. The number of aromatic nitrogens is 1. The second-order valence-electron chi connectivity index (χ2n) is 5.49. The van der Waals surface area contributed by atoms with Crippen molar-refractivity contribution in [3.05, 3.63) is 50.7 Å². The number of amides is 1. The van der Waals surface area contributed by atoms with Gasteiger partial charge < -0.3 is 10.5 Å². The number of carbonyl (C=O) groups excluding carboxylic acids is 1. The molecule has 9 heteroatoms. The third kappa shape index (κ3) is 5.00. The summed E-state index contributed by atoms with van der Waals surface area (Å²) < 4.78 is 5.12. The number of nitrogens with one attached hydrogen (secondary N) is 2. The Morgan fingerprint density at radius 1 is 1.23 bits per heavy atom. The Morgan fingerprint density at radius 3 is 2.50 bits per heavy atom. The Labute approximate surface area is 166 Å². The highest BCUT2D eigenvalue weighted by Crippen LogP contribution is 2.31. The number of nitrogens with two attached hydrogens (primary N) is 1. The van der Waals surface area contributed by atoms with Crippen molar-refractivity contribution in [2.24, 2.45) is 5.10 Å². The highest BCUT2D eigenvalue weighted by Gasteiger charge is 2.25. The van der Waals surface area contributed by atoms with Crippen LogP contribution in [0.15, 0.2) is 29.4 Å². The molecule has 0 unspecified atom stereocenters. The second-order valence-corrected chi connectivity index (χ2v) is 6.63. The number of ether oxygens (including phenoxy) is 1. The Morgan fingerprint density at radius 2 is 1.88 bits per heavy atom. The van der Waals surface area contributed by atoms with E-state index < -0.39 is 5.91 Å². The van der Waals surface area contributed by atoms with E-state index >= 15 is 0 Å². The van der Waals surface area contributed by atoms with Crippen LogP contribution < -0.4 is 20.9 Å². The van der Waals surface area contributed by atoms with Crippen LogP contribution in [0.25, 0.3) is 0 Å². The van der Waals surface area contributed by atoms with Gasteiger partial charge in [0, 0.05) is 5.71 Å². The van der Waals surface area contributed by atoms with Gasteiger partial charge in [0.2, 0.25) is 0 Å². The predicted molar refractivity (Wildman–Crippen MR) is 104 cm³/mol. The van der Waals surface area contributed by atoms with E-state index in [4.69, 9.17) is 45.3 Å². The maximum atomic E-state index is 12.2. The molecular weight excluding hydrogens is 399 g/mol. The molecule has 0 saturated heterocycles. The standard InChI is InChI=1S/C17H17Cl3N4O2/c1-9(3-4-10-5-7-11(26-2)8-6-10)23-24-17(25)15-12(18)14(21)13(19)16(20)22-15/h5-8H,3-4H2,1-2H3,(H2,21,22)(H,24,25)/p+1/b23-9-. The fourth-order valence-electron chi connectivity index (χ4n) is 2.10. The Kier molecular flexibility index (Phi) is 7.08. The van der Waals surface area contributed by atoms with Crippen molar-refractivity contribution < 1.29 is 14.5 Å². The minimum atomic E-state index is -0.566. The van der Waals surface area contributed by atoms with E-state index in [0.717, 1.165) is 23.4 Å². The van der Waals surface area contributed by atoms with Crippen molar-refractivity contribution in [3.8, 4) is 5.75 Å². The number of aryl methyl sites for hydroxylation is 1. The number of anilines is 1. The molecule has 6 nitrogen and oxygen atoms in total. The minimum absolute atomic E-state index is 0.00901. The van der Waals surface area contributed by atoms with Crippen molar-refractivity contribution in [2.75, 3.05) is 12.8 Å². The molecule has 0 bridgehead atoms. The van der Waals surface area contributed by atoms with Crippen LogP contribution in [-0.2, 0) is 6.42 Å². The first-order chi connectivity index (χ1) is 12.3. The molecule has 1 heterocycles. The number of hydrogen-bond acceptors (Lipinski definition) is 4. The summed E-state index contributed by atoms with van der Waals surface area (Å²) in [5, 5.41) is 4.15. The topological polar surface area (TPSA) is 90.8 Å². The molecule has 4 N–H and O–H groups in total. The van der Waals surface area contributed by atoms with Crippen molar-refractivity contribution >= 4 is 52.1 Å². The van der Waals surface area contributed by atoms with Crippen LogP contribution in [0.2, 0.25) is 15.2 Å². The molecule has 0 aliphatic heterocycles. The van der Waals surface area contributed by atoms with E-state index in [1.807, 2.05) is 31.2 Å². The molecule has 0 spiro atoms. The third-order valence-electron chi connectivity index (χ3n) is 3.63. The summed E-state index contributed by atoms with van der Waals surface area (Å²) >= 11 is 17.8. The molecule has 1 amide bonds. The lowest BCUT2D eigenvalue weighted by Gasteiger charge is -2.05. The highest BCUT2D eigenvalue weighted by atomic mass is 35.5. The molecular formula is C17H18Cl3N4O2+. The summed E-state index contributed by atoms with van der Waals surface area (Å²) in [6, 6.07) is 7.77. The number of aromatic amines is 1. The minimum Gasteiger partial charge on any atom is -0.497 e. The lowest BCUT2D eigenvalue weighted by Crippen LogP contribution is -2.28. The summed E-state index contributed by atoms with van der Waals surface area (Å²) in [4.78, 5) is 14.8. The number of hydrazone groups is 1. The molecule has 1 aromatic heterocycles. The molecule has 0 radical (unpaired) electrons. The van der Waals surface area contributed by atoms with Crippen molar-refractivity contribution in [2.45, 2.75) is 19.8 Å². The molecule has 0 fully saturated rings. The van der Waals surface area contributed by atoms with E-state index in [1.165, 1.54) is 0 Å². The van der Waals surface area contributed by atoms with E-state index in [1.54, 1.807) is 7.11 Å². The lowest BCUT2D eigenvalue weighted by molar-refractivity contribution is -0.379. The van der Waals surface area contributed by atoms with Crippen LogP contribution in [0.1, 0.15) is 29.4 Å². The molecule has 1 aromatic carbocycles. The van der Waals surface area contributed by atoms with Crippen LogP contribution in [0, 0.1) is 0 Å². The predicted octanol–water partition coefficient (Wildman–Crippen LogP) is 3.79. The van der Waals surface area contributed by atoms with Crippen LogP contribution in [0.3, 0.4) is 0 Å². The number of methoxy groups -OCH3 is 1. The zero-order valence-corrected chi connectivity index (χ0v) is 16.5. The smallest absolute Gasteiger partial charge is 0.337 e. The summed E-state index contributed by atoms with van der Waals surface area (Å²) in [6.07, 6.45) is 1.45. The van der Waals surface area contributed by atoms with Crippen LogP contribution in [-0.4, -0.2) is 18.7 Å². The van der Waals surface area contributed by atoms with Crippen LogP contribution in [0.5, 0.6) is 5.75 Å². The number of H-pyrrole nitrogens is 1. The van der Waals surface area contributed by atoms with Gasteiger partial charge in [0.15, 0.2) is 0 Å². The number of nitrogen functional groups attached to an aromatic ring is 1. The van der Waals surface area contributed by atoms with Crippen LogP contribution >= 0.6 is 34.8 Å². The van der Waals surface area contributed by atoms with E-state index in [9.17, 15) is 4.79 Å². The first-order valence-electron chi connectivity index (χ1n) is 7.65. The average Bonchev–Trinajstić information content (AvgIpc) is 2.65. The second kappa shape index (κ2) is 9.07. The fourth-order valence-corrected chi connectivity index (χ4v) is 2.71. The third-order valence-corrected chi connectivity index (χ3v) is 4.80. The number of halogens is 3. The van der Waals surface area contributed by atoms with Gasteiger partial charge in [0.05, 0.1) is 12.8 Å². The quantitative estimate of drug-likeness (QED) is 0.426. The van der Waals surface area contributed by atoms with Gasteiger partial charge in [0.1, 0.15) is 15.8 Å². The number of carbonyl (C=O) groups is 1. The molecule has 0 aliphatic carbocycles. The van der Waals surface area contributed by atoms with Crippen molar-refractivity contribution in [1.82, 2.24) is 5.43 Å². The van der Waals surface area contributed by atoms with Gasteiger partial charge in [-0.15, -0.1) is 0 Å². The molecule has 26 heavy (non-hydrogen) atoms. The summed E-state index contributed by atoms with van der Waals surface area (Å²) in [5.41, 5.74) is 10.0. The first kappa shape index (κ1) is 20.3.